The summed E-state index contributed by atoms with van der Waals surface area (Å²) in [5, 5.41) is 0. The normalized spacial score (nSPS) is 20.6. The molecule has 0 saturated carbocycles. The van der Waals surface area contributed by atoms with Gasteiger partial charge in [-0.1, -0.05) is 54.6 Å². The van der Waals surface area contributed by atoms with Crippen molar-refractivity contribution in [3.8, 4) is 11.1 Å². The van der Waals surface area contributed by atoms with Gasteiger partial charge in [0.1, 0.15) is 0 Å². The van der Waals surface area contributed by atoms with Gasteiger partial charge in [0.2, 0.25) is 5.91 Å². The van der Waals surface area contributed by atoms with Crippen LogP contribution in [-0.2, 0) is 4.79 Å². The van der Waals surface area contributed by atoms with Crippen molar-refractivity contribution in [1.82, 2.24) is 9.80 Å². The minimum absolute atomic E-state index is 0.156. The van der Waals surface area contributed by atoms with Crippen LogP contribution in [0, 0.1) is 0 Å². The van der Waals surface area contributed by atoms with Crippen molar-refractivity contribution in [3.63, 3.8) is 0 Å². The van der Waals surface area contributed by atoms with Gasteiger partial charge in [0.15, 0.2) is 0 Å². The molecule has 0 aliphatic carbocycles. The molecule has 4 rings (SSSR count). The Kier molecular flexibility index (Phi) is 5.69. The molecule has 2 aliphatic heterocycles. The number of carbonyl (C=O) groups is 1. The van der Waals surface area contributed by atoms with Crippen LogP contribution in [0.4, 0.5) is 0 Å². The van der Waals surface area contributed by atoms with E-state index in [-0.39, 0.29) is 5.91 Å². The van der Waals surface area contributed by atoms with E-state index in [0.29, 0.717) is 6.04 Å². The SMILES string of the molecule is O=C(C=Cc1ccc(-c2ccccc2)cc1)N1CCCC1CN1CCCC1. The van der Waals surface area contributed by atoms with Crippen molar-refractivity contribution in [3.05, 3.63) is 66.2 Å². The second-order valence-electron chi connectivity index (χ2n) is 7.66. The Morgan fingerprint density at radius 1 is 0.889 bits per heavy atom. The van der Waals surface area contributed by atoms with E-state index >= 15 is 0 Å². The van der Waals surface area contributed by atoms with Gasteiger partial charge in [0, 0.05) is 25.2 Å². The number of likely N-dealkylation sites (tertiary alicyclic amines) is 2. The van der Waals surface area contributed by atoms with E-state index in [4.69, 9.17) is 0 Å². The summed E-state index contributed by atoms with van der Waals surface area (Å²) in [6.45, 7) is 4.34. The monoisotopic (exact) mass is 360 g/mol. The second kappa shape index (κ2) is 8.53. The van der Waals surface area contributed by atoms with E-state index in [1.165, 1.54) is 37.1 Å². The van der Waals surface area contributed by atoms with Crippen LogP contribution in [0.25, 0.3) is 17.2 Å². The lowest BCUT2D eigenvalue weighted by molar-refractivity contribution is -0.127. The quantitative estimate of drug-likeness (QED) is 0.735. The third-order valence-corrected chi connectivity index (χ3v) is 5.76. The zero-order valence-electron chi connectivity index (χ0n) is 15.9. The molecule has 3 nitrogen and oxygen atoms in total. The fourth-order valence-electron chi connectivity index (χ4n) is 4.26. The van der Waals surface area contributed by atoms with Gasteiger partial charge in [-0.3, -0.25) is 4.79 Å². The molecular weight excluding hydrogens is 332 g/mol. The molecule has 2 heterocycles. The van der Waals surface area contributed by atoms with E-state index in [0.717, 1.165) is 31.5 Å². The van der Waals surface area contributed by atoms with Crippen LogP contribution >= 0.6 is 0 Å². The minimum atomic E-state index is 0.156. The summed E-state index contributed by atoms with van der Waals surface area (Å²) in [5.74, 6) is 0.156. The smallest absolute Gasteiger partial charge is 0.246 e. The Bertz CT molecular complexity index is 776. The van der Waals surface area contributed by atoms with E-state index < -0.39 is 0 Å². The summed E-state index contributed by atoms with van der Waals surface area (Å²) in [6.07, 6.45) is 8.58. The minimum Gasteiger partial charge on any atom is -0.335 e. The van der Waals surface area contributed by atoms with Crippen LogP contribution in [0.5, 0.6) is 0 Å². The van der Waals surface area contributed by atoms with Crippen molar-refractivity contribution < 1.29 is 4.79 Å². The molecule has 0 N–H and O–H groups in total. The first-order chi connectivity index (χ1) is 13.3. The molecular formula is C24H28N2O. The molecule has 0 radical (unpaired) electrons. The lowest BCUT2D eigenvalue weighted by Crippen LogP contribution is -2.41. The zero-order valence-corrected chi connectivity index (χ0v) is 15.9. The number of hydrogen-bond donors (Lipinski definition) is 0. The number of benzene rings is 2. The lowest BCUT2D eigenvalue weighted by Gasteiger charge is -2.27. The van der Waals surface area contributed by atoms with Gasteiger partial charge in [0.05, 0.1) is 0 Å². The first-order valence-electron chi connectivity index (χ1n) is 10.2. The summed E-state index contributed by atoms with van der Waals surface area (Å²) in [7, 11) is 0. The standard InChI is InChI=1S/C24H28N2O/c27-24(26-18-6-9-23(26)19-25-16-4-5-17-25)15-12-20-10-13-22(14-11-20)21-7-2-1-3-8-21/h1-3,7-8,10-15,23H,4-6,9,16-19H2. The first-order valence-corrected chi connectivity index (χ1v) is 10.2. The Balaban J connectivity index is 1.37. The summed E-state index contributed by atoms with van der Waals surface area (Å²) < 4.78 is 0. The van der Waals surface area contributed by atoms with Gasteiger partial charge in [-0.25, -0.2) is 0 Å². The van der Waals surface area contributed by atoms with Gasteiger partial charge in [-0.15, -0.1) is 0 Å². The van der Waals surface area contributed by atoms with Crippen LogP contribution in [-0.4, -0.2) is 47.9 Å². The van der Waals surface area contributed by atoms with Crippen molar-refractivity contribution >= 4 is 12.0 Å². The Morgan fingerprint density at radius 3 is 2.33 bits per heavy atom. The fraction of sp³-hybridized carbons (Fsp3) is 0.375. The molecule has 27 heavy (non-hydrogen) atoms. The average Bonchev–Trinajstić information content (AvgIpc) is 3.40. The Labute approximate surface area is 162 Å². The Morgan fingerprint density at radius 2 is 1.59 bits per heavy atom. The van der Waals surface area contributed by atoms with E-state index in [1.807, 2.05) is 12.1 Å². The summed E-state index contributed by atoms with van der Waals surface area (Å²) in [6, 6.07) is 19.1. The fourth-order valence-corrected chi connectivity index (χ4v) is 4.26. The van der Waals surface area contributed by atoms with E-state index in [2.05, 4.69) is 58.3 Å². The topological polar surface area (TPSA) is 23.6 Å². The molecule has 2 fully saturated rings. The van der Waals surface area contributed by atoms with Gasteiger partial charge in [0.25, 0.3) is 0 Å². The van der Waals surface area contributed by atoms with Gasteiger partial charge in [-0.05, 0) is 61.5 Å². The number of hydrogen-bond acceptors (Lipinski definition) is 2. The van der Waals surface area contributed by atoms with E-state index in [1.54, 1.807) is 6.08 Å². The largest absolute Gasteiger partial charge is 0.335 e. The molecule has 1 amide bonds. The molecule has 0 aromatic heterocycles. The van der Waals surface area contributed by atoms with Crippen LogP contribution in [0.2, 0.25) is 0 Å². The lowest BCUT2D eigenvalue weighted by atomic mass is 10.0. The summed E-state index contributed by atoms with van der Waals surface area (Å²) in [5.41, 5.74) is 3.48. The molecule has 1 atom stereocenters. The highest BCUT2D eigenvalue weighted by atomic mass is 16.2. The Hall–Kier alpha value is -2.39. The highest BCUT2D eigenvalue weighted by Crippen LogP contribution is 2.22. The number of amides is 1. The second-order valence-corrected chi connectivity index (χ2v) is 7.66. The molecule has 3 heteroatoms. The van der Waals surface area contributed by atoms with Crippen LogP contribution in [0.3, 0.4) is 0 Å². The average molecular weight is 361 g/mol. The van der Waals surface area contributed by atoms with Crippen molar-refractivity contribution in [2.75, 3.05) is 26.2 Å². The third-order valence-electron chi connectivity index (χ3n) is 5.76. The van der Waals surface area contributed by atoms with Crippen molar-refractivity contribution in [2.45, 2.75) is 31.7 Å². The molecule has 1 unspecified atom stereocenters. The number of carbonyl (C=O) groups excluding carboxylic acids is 1. The predicted molar refractivity (Wildman–Crippen MR) is 111 cm³/mol. The van der Waals surface area contributed by atoms with Crippen LogP contribution in [0.15, 0.2) is 60.7 Å². The maximum atomic E-state index is 12.7. The molecule has 2 saturated heterocycles. The highest BCUT2D eigenvalue weighted by Gasteiger charge is 2.29. The maximum absolute atomic E-state index is 12.7. The van der Waals surface area contributed by atoms with E-state index in [9.17, 15) is 4.79 Å². The van der Waals surface area contributed by atoms with Gasteiger partial charge < -0.3 is 9.80 Å². The maximum Gasteiger partial charge on any atom is 0.246 e. The third kappa shape index (κ3) is 4.48. The first kappa shape index (κ1) is 18.0. The van der Waals surface area contributed by atoms with Gasteiger partial charge >= 0.3 is 0 Å². The molecule has 0 spiro atoms. The van der Waals surface area contributed by atoms with Crippen LogP contribution < -0.4 is 0 Å². The van der Waals surface area contributed by atoms with Gasteiger partial charge in [-0.2, -0.15) is 0 Å². The predicted octanol–water partition coefficient (Wildman–Crippen LogP) is 4.45. The molecule has 2 aliphatic rings. The zero-order chi connectivity index (χ0) is 18.5. The number of rotatable bonds is 5. The molecule has 2 aromatic carbocycles. The molecule has 140 valence electrons. The summed E-state index contributed by atoms with van der Waals surface area (Å²) >= 11 is 0. The van der Waals surface area contributed by atoms with Crippen molar-refractivity contribution in [2.24, 2.45) is 0 Å². The molecule has 2 aromatic rings. The van der Waals surface area contributed by atoms with Crippen molar-refractivity contribution in [1.29, 1.82) is 0 Å². The molecule has 0 bridgehead atoms. The van der Waals surface area contributed by atoms with Crippen LogP contribution in [0.1, 0.15) is 31.2 Å². The highest BCUT2D eigenvalue weighted by molar-refractivity contribution is 5.92. The number of nitrogens with zero attached hydrogens (tertiary/aromatic N) is 2. The summed E-state index contributed by atoms with van der Waals surface area (Å²) in [4.78, 5) is 17.3.